The van der Waals surface area contributed by atoms with Crippen molar-refractivity contribution in [2.45, 2.75) is 71.0 Å². The smallest absolute Gasteiger partial charge is 0.348 e. The summed E-state index contributed by atoms with van der Waals surface area (Å²) in [4.78, 5) is 51.3. The van der Waals surface area contributed by atoms with E-state index in [9.17, 15) is 23.6 Å². The van der Waals surface area contributed by atoms with Crippen molar-refractivity contribution in [1.82, 2.24) is 20.1 Å². The van der Waals surface area contributed by atoms with Crippen LogP contribution in [0.3, 0.4) is 0 Å². The highest BCUT2D eigenvalue weighted by Crippen LogP contribution is 2.35. The van der Waals surface area contributed by atoms with E-state index in [1.165, 1.54) is 12.1 Å². The van der Waals surface area contributed by atoms with Gasteiger partial charge in [0.25, 0.3) is 5.91 Å². The summed E-state index contributed by atoms with van der Waals surface area (Å²) >= 11 is 8.09. The average molecular weight is 654 g/mol. The number of carbonyl (C=O) groups excluding carboxylic acids is 4. The number of anilines is 1. The highest BCUT2D eigenvalue weighted by atomic mass is 35.5. The Balaban J connectivity index is 1.79. The van der Waals surface area contributed by atoms with Gasteiger partial charge in [-0.15, -0.1) is 21.5 Å². The average Bonchev–Trinajstić information content (AvgIpc) is 3.49. The van der Waals surface area contributed by atoms with Crippen LogP contribution in [-0.4, -0.2) is 57.0 Å². The zero-order chi connectivity index (χ0) is 31.7. The van der Waals surface area contributed by atoms with Gasteiger partial charge in [-0.2, -0.15) is 0 Å². The van der Waals surface area contributed by atoms with E-state index in [1.807, 2.05) is 6.92 Å². The number of unbranched alkanes of at least 4 members (excludes halogenated alkanes) is 1. The van der Waals surface area contributed by atoms with Crippen molar-refractivity contribution in [2.24, 2.45) is 0 Å². The standard InChI is InChI=1S/C28H33ClFN5O6S2/c1-6-9-13-35-19(14-31-24(37)21-17(29)11-10-12-18(21)30)33-34-28(35)42-16(5)23(36)32-25-20(26(38)40-7-2)15(4)22(43-25)27(39)41-8-3/h10-12,16H,6-9,13-14H2,1-5H3,(H,31,37)(H,32,36). The normalized spacial score (nSPS) is 11.6. The molecule has 2 heterocycles. The lowest BCUT2D eigenvalue weighted by molar-refractivity contribution is -0.115. The number of nitrogens with one attached hydrogen (secondary N) is 2. The molecular formula is C28H33ClFN5O6S2. The van der Waals surface area contributed by atoms with Gasteiger partial charge < -0.3 is 24.7 Å². The number of amides is 2. The van der Waals surface area contributed by atoms with Crippen molar-refractivity contribution < 1.29 is 33.0 Å². The number of esters is 2. The third-order valence-electron chi connectivity index (χ3n) is 6.10. The summed E-state index contributed by atoms with van der Waals surface area (Å²) in [5.41, 5.74) is 0.195. The molecule has 1 aromatic carbocycles. The fraction of sp³-hybridized carbons (Fsp3) is 0.429. The maximum absolute atomic E-state index is 14.2. The first-order chi connectivity index (χ1) is 20.5. The third-order valence-corrected chi connectivity index (χ3v) is 8.68. The Kier molecular flexibility index (Phi) is 12.5. The number of aromatic nitrogens is 3. The number of thiophene rings is 1. The van der Waals surface area contributed by atoms with Crippen LogP contribution in [0, 0.1) is 12.7 Å². The molecule has 0 spiro atoms. The van der Waals surface area contributed by atoms with Gasteiger partial charge >= 0.3 is 11.9 Å². The molecule has 0 fully saturated rings. The van der Waals surface area contributed by atoms with Crippen LogP contribution in [-0.2, 0) is 27.4 Å². The van der Waals surface area contributed by atoms with E-state index < -0.39 is 34.8 Å². The van der Waals surface area contributed by atoms with E-state index in [4.69, 9.17) is 21.1 Å². The molecule has 0 saturated heterocycles. The van der Waals surface area contributed by atoms with Crippen molar-refractivity contribution in [3.8, 4) is 0 Å². The lowest BCUT2D eigenvalue weighted by Gasteiger charge is -2.14. The zero-order valence-corrected chi connectivity index (χ0v) is 26.8. The van der Waals surface area contributed by atoms with Crippen molar-refractivity contribution >= 4 is 63.5 Å². The van der Waals surface area contributed by atoms with Crippen LogP contribution in [0.1, 0.15) is 82.3 Å². The topological polar surface area (TPSA) is 142 Å². The molecule has 43 heavy (non-hydrogen) atoms. The van der Waals surface area contributed by atoms with Gasteiger partial charge in [0.15, 0.2) is 11.0 Å². The molecule has 2 aromatic heterocycles. The highest BCUT2D eigenvalue weighted by molar-refractivity contribution is 8.00. The van der Waals surface area contributed by atoms with Gasteiger partial charge in [-0.05, 0) is 51.8 Å². The Morgan fingerprint density at radius 1 is 1.09 bits per heavy atom. The van der Waals surface area contributed by atoms with Gasteiger partial charge in [0.2, 0.25) is 5.91 Å². The van der Waals surface area contributed by atoms with E-state index in [1.54, 1.807) is 32.3 Å². The van der Waals surface area contributed by atoms with Crippen molar-refractivity contribution in [3.05, 3.63) is 56.4 Å². The second kappa shape index (κ2) is 15.8. The fourth-order valence-electron chi connectivity index (χ4n) is 3.91. The summed E-state index contributed by atoms with van der Waals surface area (Å²) in [7, 11) is 0. The Morgan fingerprint density at radius 2 is 1.79 bits per heavy atom. The number of halogens is 2. The maximum atomic E-state index is 14.2. The van der Waals surface area contributed by atoms with Gasteiger partial charge in [0.1, 0.15) is 15.7 Å². The molecule has 3 aromatic rings. The number of thioether (sulfide) groups is 1. The number of hydrogen-bond donors (Lipinski definition) is 2. The van der Waals surface area contributed by atoms with Crippen LogP contribution >= 0.6 is 34.7 Å². The van der Waals surface area contributed by atoms with Gasteiger partial charge in [-0.1, -0.05) is 42.8 Å². The van der Waals surface area contributed by atoms with E-state index in [0.29, 0.717) is 23.1 Å². The summed E-state index contributed by atoms with van der Waals surface area (Å²) in [6, 6.07) is 3.99. The molecule has 11 nitrogen and oxygen atoms in total. The van der Waals surface area contributed by atoms with Crippen LogP contribution < -0.4 is 10.6 Å². The first-order valence-electron chi connectivity index (χ1n) is 13.6. The zero-order valence-electron chi connectivity index (χ0n) is 24.4. The molecule has 1 unspecified atom stereocenters. The maximum Gasteiger partial charge on any atom is 0.348 e. The van der Waals surface area contributed by atoms with Crippen LogP contribution in [0.15, 0.2) is 23.4 Å². The molecule has 2 N–H and O–H groups in total. The fourth-order valence-corrected chi connectivity index (χ4v) is 6.14. The molecule has 1 atom stereocenters. The quantitative estimate of drug-likeness (QED) is 0.167. The minimum Gasteiger partial charge on any atom is -0.462 e. The van der Waals surface area contributed by atoms with E-state index in [-0.39, 0.29) is 45.8 Å². The number of hydrogen-bond acceptors (Lipinski definition) is 10. The molecule has 232 valence electrons. The Morgan fingerprint density at radius 3 is 2.44 bits per heavy atom. The predicted molar refractivity (Wildman–Crippen MR) is 162 cm³/mol. The Labute approximate surface area is 261 Å². The number of benzene rings is 1. The summed E-state index contributed by atoms with van der Waals surface area (Å²) < 4.78 is 26.2. The molecule has 0 bridgehead atoms. The van der Waals surface area contributed by atoms with Crippen molar-refractivity contribution in [1.29, 1.82) is 0 Å². The van der Waals surface area contributed by atoms with Crippen LogP contribution in [0.25, 0.3) is 0 Å². The minimum atomic E-state index is -0.741. The van der Waals surface area contributed by atoms with Gasteiger partial charge in [0.05, 0.1) is 41.2 Å². The van der Waals surface area contributed by atoms with E-state index >= 15 is 0 Å². The van der Waals surface area contributed by atoms with Crippen molar-refractivity contribution in [2.75, 3.05) is 18.5 Å². The number of nitrogens with zero attached hydrogens (tertiary/aromatic N) is 3. The number of ether oxygens (including phenoxy) is 2. The minimum absolute atomic E-state index is 0.0116. The SMILES string of the molecule is CCCCn1c(CNC(=O)c2c(F)cccc2Cl)nnc1SC(C)C(=O)Nc1sc(C(=O)OCC)c(C)c1C(=O)OCC. The van der Waals surface area contributed by atoms with Crippen LogP contribution in [0.4, 0.5) is 9.39 Å². The van der Waals surface area contributed by atoms with Crippen LogP contribution in [0.5, 0.6) is 0 Å². The first kappa shape index (κ1) is 34.0. The molecule has 0 aliphatic heterocycles. The molecule has 0 aliphatic rings. The monoisotopic (exact) mass is 653 g/mol. The van der Waals surface area contributed by atoms with Crippen LogP contribution in [0.2, 0.25) is 5.02 Å². The molecule has 0 saturated carbocycles. The molecule has 2 amide bonds. The molecule has 3 rings (SSSR count). The summed E-state index contributed by atoms with van der Waals surface area (Å²) in [6.07, 6.45) is 1.65. The Bertz CT molecular complexity index is 1470. The Hall–Kier alpha value is -3.49. The molecule has 0 radical (unpaired) electrons. The second-order valence-electron chi connectivity index (χ2n) is 9.13. The first-order valence-corrected chi connectivity index (χ1v) is 15.7. The lowest BCUT2D eigenvalue weighted by Crippen LogP contribution is -2.26. The summed E-state index contributed by atoms with van der Waals surface area (Å²) in [5.74, 6) is -2.72. The third kappa shape index (κ3) is 8.33. The molecule has 15 heteroatoms. The van der Waals surface area contributed by atoms with E-state index in [2.05, 4.69) is 20.8 Å². The van der Waals surface area contributed by atoms with Gasteiger partial charge in [-0.25, -0.2) is 14.0 Å². The largest absolute Gasteiger partial charge is 0.462 e. The molecule has 0 aliphatic carbocycles. The van der Waals surface area contributed by atoms with Gasteiger partial charge in [0, 0.05) is 6.54 Å². The highest BCUT2D eigenvalue weighted by Gasteiger charge is 2.29. The lowest BCUT2D eigenvalue weighted by atomic mass is 10.1. The summed E-state index contributed by atoms with van der Waals surface area (Å²) in [6.45, 7) is 9.35. The predicted octanol–water partition coefficient (Wildman–Crippen LogP) is 5.64. The summed E-state index contributed by atoms with van der Waals surface area (Å²) in [5, 5.41) is 13.7. The molecular weight excluding hydrogens is 621 g/mol. The van der Waals surface area contributed by atoms with Gasteiger partial charge in [-0.3, -0.25) is 9.59 Å². The van der Waals surface area contributed by atoms with Crippen molar-refractivity contribution in [3.63, 3.8) is 0 Å². The number of carbonyl (C=O) groups is 4. The second-order valence-corrected chi connectivity index (χ2v) is 11.9. The number of rotatable bonds is 14. The van der Waals surface area contributed by atoms with E-state index in [0.717, 1.165) is 42.0 Å².